The molecule has 1 amide bonds. The number of nitrogens with one attached hydrogen (secondary N) is 1. The molecule has 0 saturated carbocycles. The van der Waals surface area contributed by atoms with Gasteiger partial charge >= 0.3 is 0 Å². The van der Waals surface area contributed by atoms with Crippen LogP contribution in [0.4, 0.5) is 5.82 Å². The molecule has 1 fully saturated rings. The molecule has 1 aliphatic heterocycles. The number of nitrogens with zero attached hydrogens (tertiary/aromatic N) is 5. The molecular formula is C42H42N7O8P. The van der Waals surface area contributed by atoms with Crippen LogP contribution in [0.1, 0.15) is 39.7 Å². The number of carbonyl (C=O) groups excluding carboxylic acids is 1. The van der Waals surface area contributed by atoms with E-state index in [0.717, 1.165) is 16.7 Å². The Morgan fingerprint density at radius 1 is 0.862 bits per heavy atom. The van der Waals surface area contributed by atoms with Gasteiger partial charge in [-0.2, -0.15) is 5.26 Å². The van der Waals surface area contributed by atoms with E-state index in [4.69, 9.17) is 43.5 Å². The van der Waals surface area contributed by atoms with Crippen molar-refractivity contribution in [2.75, 3.05) is 39.9 Å². The van der Waals surface area contributed by atoms with E-state index in [-0.39, 0.29) is 31.4 Å². The van der Waals surface area contributed by atoms with Crippen LogP contribution >= 0.6 is 8.53 Å². The van der Waals surface area contributed by atoms with Crippen LogP contribution in [-0.4, -0.2) is 78.3 Å². The number of hydrogen-bond acceptors (Lipinski definition) is 13. The van der Waals surface area contributed by atoms with Gasteiger partial charge in [0, 0.05) is 12.7 Å². The average Bonchev–Trinajstić information content (AvgIpc) is 3.86. The maximum absolute atomic E-state index is 13.1. The molecule has 3 heterocycles. The number of nitrogens with two attached hydrogens (primary N) is 1. The number of benzene rings is 4. The molecule has 0 aliphatic carbocycles. The fourth-order valence-corrected chi connectivity index (χ4v) is 7.78. The summed E-state index contributed by atoms with van der Waals surface area (Å²) < 4.78 is 45.0. The largest absolute Gasteiger partial charge is 0.497 e. The molecular weight excluding hydrogens is 761 g/mol. The zero-order valence-corrected chi connectivity index (χ0v) is 32.9. The number of hydrogen-bond donors (Lipinski definition) is 2. The van der Waals surface area contributed by atoms with Crippen LogP contribution < -0.4 is 20.3 Å². The van der Waals surface area contributed by atoms with Gasteiger partial charge in [0.2, 0.25) is 0 Å². The summed E-state index contributed by atoms with van der Waals surface area (Å²) in [6, 6.07) is 36.1. The topological polar surface area (TPSA) is 187 Å². The summed E-state index contributed by atoms with van der Waals surface area (Å²) >= 11 is 0. The fraction of sp³-hybridized carbons (Fsp3) is 0.262. The third-order valence-corrected chi connectivity index (χ3v) is 10.6. The van der Waals surface area contributed by atoms with Crippen LogP contribution in [-0.2, 0) is 28.9 Å². The number of imidazole rings is 1. The Bertz CT molecular complexity index is 2260. The van der Waals surface area contributed by atoms with Crippen molar-refractivity contribution >= 4 is 31.4 Å². The second-order valence-corrected chi connectivity index (χ2v) is 14.1. The van der Waals surface area contributed by atoms with Crippen molar-refractivity contribution in [3.8, 4) is 17.6 Å². The summed E-state index contributed by atoms with van der Waals surface area (Å²) in [4.78, 5) is 26.5. The minimum absolute atomic E-state index is 0.0324. The third-order valence-electron chi connectivity index (χ3n) is 9.75. The highest BCUT2D eigenvalue weighted by molar-refractivity contribution is 7.44. The molecule has 1 aliphatic rings. The van der Waals surface area contributed by atoms with E-state index >= 15 is 0 Å². The minimum atomic E-state index is -1.98. The second kappa shape index (κ2) is 18.6. The Hall–Kier alpha value is -5.82. The maximum atomic E-state index is 13.1. The normalized spacial score (nSPS) is 18.4. The molecule has 298 valence electrons. The number of rotatable bonds is 17. The Kier molecular flexibility index (Phi) is 13.0. The van der Waals surface area contributed by atoms with Crippen molar-refractivity contribution in [2.45, 2.75) is 36.6 Å². The highest BCUT2D eigenvalue weighted by Crippen LogP contribution is 2.45. The number of carbonyl (C=O) groups is 1. The van der Waals surface area contributed by atoms with Crippen molar-refractivity contribution in [3.63, 3.8) is 0 Å². The first-order valence-corrected chi connectivity index (χ1v) is 19.6. The van der Waals surface area contributed by atoms with E-state index < -0.39 is 38.7 Å². The minimum Gasteiger partial charge on any atom is -0.497 e. The van der Waals surface area contributed by atoms with Gasteiger partial charge < -0.3 is 38.0 Å². The Morgan fingerprint density at radius 3 is 2.09 bits per heavy atom. The molecule has 1 unspecified atom stereocenters. The summed E-state index contributed by atoms with van der Waals surface area (Å²) in [7, 11) is 2.79. The highest BCUT2D eigenvalue weighted by Gasteiger charge is 2.50. The fourth-order valence-electron chi connectivity index (χ4n) is 6.96. The molecule has 5 atom stereocenters. The molecule has 1 saturated heterocycles. The van der Waals surface area contributed by atoms with Crippen LogP contribution in [0, 0.1) is 11.3 Å². The smallest absolute Gasteiger partial charge is 0.256 e. The first kappa shape index (κ1) is 40.4. The van der Waals surface area contributed by atoms with Gasteiger partial charge in [0.15, 0.2) is 23.2 Å². The SMILES string of the molecule is COc1ccc(C(OC[C@H]2O[C@@H](n3cnc4c(NC(=O)c5ccccc5)ncnc43)[C@H](OC)[C@@H]2OP(N)OCCC#N)(c2ccccc2)c2ccc(OC)cc2)cc1. The molecule has 4 aromatic carbocycles. The van der Waals surface area contributed by atoms with E-state index in [9.17, 15) is 4.79 Å². The van der Waals surface area contributed by atoms with Crippen LogP contribution in [0.2, 0.25) is 0 Å². The van der Waals surface area contributed by atoms with E-state index in [0.29, 0.717) is 28.2 Å². The van der Waals surface area contributed by atoms with Gasteiger partial charge in [-0.3, -0.25) is 14.9 Å². The van der Waals surface area contributed by atoms with Gasteiger partial charge in [0.05, 0.1) is 46.3 Å². The zero-order chi connectivity index (χ0) is 40.5. The van der Waals surface area contributed by atoms with Gasteiger partial charge in [-0.1, -0.05) is 72.8 Å². The molecule has 0 radical (unpaired) electrons. The van der Waals surface area contributed by atoms with E-state index in [1.165, 1.54) is 6.33 Å². The van der Waals surface area contributed by atoms with Gasteiger partial charge in [0.1, 0.15) is 41.7 Å². The number of aromatic nitrogens is 4. The zero-order valence-electron chi connectivity index (χ0n) is 32.0. The summed E-state index contributed by atoms with van der Waals surface area (Å²) in [5.41, 5.74) is 8.90. The Balaban J connectivity index is 1.27. The Morgan fingerprint density at radius 2 is 1.48 bits per heavy atom. The highest BCUT2D eigenvalue weighted by atomic mass is 31.2. The summed E-state index contributed by atoms with van der Waals surface area (Å²) in [6.45, 7) is 0.0521. The molecule has 58 heavy (non-hydrogen) atoms. The second-order valence-electron chi connectivity index (χ2n) is 13.0. The summed E-state index contributed by atoms with van der Waals surface area (Å²) in [5.74, 6) is 1.24. The number of anilines is 1. The van der Waals surface area contributed by atoms with Gasteiger partial charge in [-0.25, -0.2) is 15.0 Å². The molecule has 16 heteroatoms. The lowest BCUT2D eigenvalue weighted by atomic mass is 9.80. The molecule has 0 bridgehead atoms. The first-order chi connectivity index (χ1) is 28.4. The van der Waals surface area contributed by atoms with Gasteiger partial charge in [-0.15, -0.1) is 0 Å². The van der Waals surface area contributed by atoms with Crippen molar-refractivity contribution in [3.05, 3.63) is 144 Å². The first-order valence-electron chi connectivity index (χ1n) is 18.3. The molecule has 15 nitrogen and oxygen atoms in total. The van der Waals surface area contributed by atoms with Gasteiger partial charge in [0.25, 0.3) is 14.4 Å². The number of fused-ring (bicyclic) bond motifs is 1. The molecule has 6 aromatic rings. The quantitative estimate of drug-likeness (QED) is 0.0577. The lowest BCUT2D eigenvalue weighted by Gasteiger charge is -2.37. The van der Waals surface area contributed by atoms with Crippen LogP contribution in [0.5, 0.6) is 11.5 Å². The number of amides is 1. The molecule has 7 rings (SSSR count). The van der Waals surface area contributed by atoms with Gasteiger partial charge in [-0.05, 0) is 53.1 Å². The molecule has 3 N–H and O–H groups in total. The standard InChI is InChI=1S/C42H42N7O8P/c1-51-32-19-15-30(16-20-32)42(29-13-8-5-9-14-29,31-17-21-33(52-2)22-18-31)54-25-34-36(57-58(44)55-24-10-23-43)37(53-3)41(56-34)49-27-47-35-38(45-26-46-39(35)49)48-40(50)28-11-6-4-7-12-28/h4-9,11-22,26-27,34,36-37,41H,10,24-25,44H2,1-3H3,(H,45,46,48,50)/t34-,36-,37-,41-,58?/m1/s1. The van der Waals surface area contributed by atoms with E-state index in [1.54, 1.807) is 56.5 Å². The van der Waals surface area contributed by atoms with Crippen LogP contribution in [0.3, 0.4) is 0 Å². The van der Waals surface area contributed by atoms with E-state index in [1.807, 2.05) is 84.9 Å². The monoisotopic (exact) mass is 803 g/mol. The predicted octanol–water partition coefficient (Wildman–Crippen LogP) is 6.52. The van der Waals surface area contributed by atoms with Crippen molar-refractivity contribution in [2.24, 2.45) is 5.50 Å². The maximum Gasteiger partial charge on any atom is 0.256 e. The third kappa shape index (κ3) is 8.40. The summed E-state index contributed by atoms with van der Waals surface area (Å²) in [6.07, 6.45) is -0.277. The van der Waals surface area contributed by atoms with Crippen molar-refractivity contribution < 1.29 is 37.5 Å². The van der Waals surface area contributed by atoms with Crippen LogP contribution in [0.15, 0.2) is 122 Å². The Labute approximate surface area is 336 Å². The van der Waals surface area contributed by atoms with Crippen molar-refractivity contribution in [1.82, 2.24) is 19.5 Å². The molecule has 0 spiro atoms. The number of methoxy groups -OCH3 is 3. The average molecular weight is 804 g/mol. The number of ether oxygens (including phenoxy) is 5. The molecule has 2 aromatic heterocycles. The lowest BCUT2D eigenvalue weighted by Crippen LogP contribution is -2.41. The lowest BCUT2D eigenvalue weighted by molar-refractivity contribution is -0.0933. The predicted molar refractivity (Wildman–Crippen MR) is 215 cm³/mol. The summed E-state index contributed by atoms with van der Waals surface area (Å²) in [5, 5.41) is 12.0. The number of nitriles is 1. The van der Waals surface area contributed by atoms with Crippen LogP contribution in [0.25, 0.3) is 11.2 Å². The van der Waals surface area contributed by atoms with Crippen molar-refractivity contribution in [1.29, 1.82) is 5.26 Å². The van der Waals surface area contributed by atoms with E-state index in [2.05, 4.69) is 26.3 Å².